The van der Waals surface area contributed by atoms with Crippen molar-refractivity contribution in [3.8, 4) is 23.0 Å². The zero-order valence-electron chi connectivity index (χ0n) is 11.5. The zero-order chi connectivity index (χ0) is 15.1. The summed E-state index contributed by atoms with van der Waals surface area (Å²) >= 11 is 3.39. The number of hydrogen-bond acceptors (Lipinski definition) is 3. The van der Waals surface area contributed by atoms with Gasteiger partial charge in [-0.1, -0.05) is 46.3 Å². The number of benzene rings is 2. The van der Waals surface area contributed by atoms with Crippen LogP contribution >= 0.6 is 15.9 Å². The fraction of sp³-hybridized carbons (Fsp3) is 0.0588. The van der Waals surface area contributed by atoms with Gasteiger partial charge in [0.25, 0.3) is 5.56 Å². The van der Waals surface area contributed by atoms with Crippen molar-refractivity contribution >= 4 is 15.9 Å². The summed E-state index contributed by atoms with van der Waals surface area (Å²) in [7, 11) is 0. The largest absolute Gasteiger partial charge is 0.438 e. The number of para-hydroxylation sites is 1. The van der Waals surface area contributed by atoms with Gasteiger partial charge < -0.3 is 9.72 Å². The number of nitrogens with one attached hydrogen (secondary N) is 1. The summed E-state index contributed by atoms with van der Waals surface area (Å²) in [5, 5.41) is 0. The Morgan fingerprint density at radius 2 is 1.86 bits per heavy atom. The van der Waals surface area contributed by atoms with Crippen LogP contribution in [0.2, 0.25) is 0 Å². The maximum absolute atomic E-state index is 12.3. The van der Waals surface area contributed by atoms with E-state index in [0.717, 1.165) is 21.3 Å². The molecule has 0 fully saturated rings. The Hall–Kier alpha value is -2.40. The van der Waals surface area contributed by atoms with Crippen molar-refractivity contribution in [3.63, 3.8) is 0 Å². The van der Waals surface area contributed by atoms with E-state index in [2.05, 4.69) is 25.9 Å². The molecule has 0 aliphatic carbocycles. The molecule has 1 aliphatic heterocycles. The Morgan fingerprint density at radius 1 is 1.09 bits per heavy atom. The van der Waals surface area contributed by atoms with E-state index in [1.54, 1.807) is 0 Å². The van der Waals surface area contributed by atoms with Crippen LogP contribution in [0.25, 0.3) is 11.4 Å². The van der Waals surface area contributed by atoms with Crippen LogP contribution in [0.3, 0.4) is 0 Å². The summed E-state index contributed by atoms with van der Waals surface area (Å²) < 4.78 is 6.78. The van der Waals surface area contributed by atoms with E-state index in [1.807, 2.05) is 48.5 Å². The number of aromatic nitrogens is 2. The molecule has 5 heteroatoms. The monoisotopic (exact) mass is 354 g/mol. The van der Waals surface area contributed by atoms with E-state index in [-0.39, 0.29) is 5.56 Å². The van der Waals surface area contributed by atoms with Gasteiger partial charge in [0.15, 0.2) is 0 Å². The number of rotatable bonds is 1. The molecule has 0 bridgehead atoms. The minimum absolute atomic E-state index is 0.155. The lowest BCUT2D eigenvalue weighted by Crippen LogP contribution is -2.20. The molecule has 0 amide bonds. The molecular weight excluding hydrogens is 344 g/mol. The van der Waals surface area contributed by atoms with Gasteiger partial charge >= 0.3 is 0 Å². The van der Waals surface area contributed by atoms with Crippen molar-refractivity contribution < 1.29 is 4.74 Å². The number of fused-ring (bicyclic) bond motifs is 2. The lowest BCUT2D eigenvalue weighted by molar-refractivity contribution is 0.438. The van der Waals surface area contributed by atoms with Crippen LogP contribution in [0.5, 0.6) is 11.6 Å². The number of hydrogen-bond donors (Lipinski definition) is 1. The zero-order valence-corrected chi connectivity index (χ0v) is 13.1. The third-order valence-corrected chi connectivity index (χ3v) is 4.17. The molecule has 3 aromatic rings. The molecule has 4 nitrogen and oxygen atoms in total. The average Bonchev–Trinajstić information content (AvgIpc) is 2.54. The van der Waals surface area contributed by atoms with Crippen molar-refractivity contribution in [1.82, 2.24) is 9.97 Å². The second kappa shape index (κ2) is 5.10. The standard InChI is InChI=1S/C17H11BrN2O2/c18-12-7-5-10(6-8-12)15-19-16(21)13-9-11-3-1-2-4-14(11)22-17(13)20-15/h1-8H,9H2,(H,19,20,21). The molecule has 0 atom stereocenters. The maximum atomic E-state index is 12.3. The molecular formula is C17H11BrN2O2. The minimum atomic E-state index is -0.155. The summed E-state index contributed by atoms with van der Waals surface area (Å²) in [4.78, 5) is 19.7. The molecule has 108 valence electrons. The third-order valence-electron chi connectivity index (χ3n) is 3.64. The molecule has 1 aromatic heterocycles. The molecule has 0 unspecified atom stereocenters. The third kappa shape index (κ3) is 2.23. The number of aromatic amines is 1. The summed E-state index contributed by atoms with van der Waals surface area (Å²) in [5.41, 5.74) is 2.25. The highest BCUT2D eigenvalue weighted by Gasteiger charge is 2.21. The van der Waals surface area contributed by atoms with Crippen molar-refractivity contribution in [2.45, 2.75) is 6.42 Å². The Bertz CT molecular complexity index is 917. The van der Waals surface area contributed by atoms with E-state index in [0.29, 0.717) is 23.7 Å². The van der Waals surface area contributed by atoms with Gasteiger partial charge in [-0.25, -0.2) is 0 Å². The van der Waals surface area contributed by atoms with E-state index in [4.69, 9.17) is 4.74 Å². The molecule has 2 aromatic carbocycles. The number of ether oxygens (including phenoxy) is 1. The topological polar surface area (TPSA) is 55.0 Å². The lowest BCUT2D eigenvalue weighted by atomic mass is 10.0. The van der Waals surface area contributed by atoms with Gasteiger partial charge in [0, 0.05) is 16.5 Å². The highest BCUT2D eigenvalue weighted by molar-refractivity contribution is 9.10. The Labute approximate surface area is 134 Å². The Kier molecular flexibility index (Phi) is 3.08. The first-order valence-corrected chi connectivity index (χ1v) is 7.65. The molecule has 2 heterocycles. The van der Waals surface area contributed by atoms with E-state index < -0.39 is 0 Å². The van der Waals surface area contributed by atoms with Gasteiger partial charge in [-0.15, -0.1) is 0 Å². The molecule has 1 aliphatic rings. The highest BCUT2D eigenvalue weighted by atomic mass is 79.9. The average molecular weight is 355 g/mol. The quantitative estimate of drug-likeness (QED) is 0.564. The van der Waals surface area contributed by atoms with Crippen LogP contribution in [-0.4, -0.2) is 9.97 Å². The van der Waals surface area contributed by atoms with Crippen molar-refractivity contribution in [2.24, 2.45) is 0 Å². The van der Waals surface area contributed by atoms with Crippen LogP contribution in [-0.2, 0) is 6.42 Å². The summed E-state index contributed by atoms with van der Waals surface area (Å²) in [6.45, 7) is 0. The van der Waals surface area contributed by atoms with Gasteiger partial charge in [0.1, 0.15) is 11.6 Å². The number of H-pyrrole nitrogens is 1. The Balaban J connectivity index is 1.82. The second-order valence-electron chi connectivity index (χ2n) is 5.09. The van der Waals surface area contributed by atoms with Crippen molar-refractivity contribution in [1.29, 1.82) is 0 Å². The first-order chi connectivity index (χ1) is 10.7. The summed E-state index contributed by atoms with van der Waals surface area (Å²) in [6.07, 6.45) is 0.536. The molecule has 0 radical (unpaired) electrons. The Morgan fingerprint density at radius 3 is 2.68 bits per heavy atom. The van der Waals surface area contributed by atoms with Crippen LogP contribution < -0.4 is 10.3 Å². The molecule has 1 N–H and O–H groups in total. The number of nitrogens with zero attached hydrogens (tertiary/aromatic N) is 1. The highest BCUT2D eigenvalue weighted by Crippen LogP contribution is 2.33. The first-order valence-electron chi connectivity index (χ1n) is 6.85. The molecule has 0 saturated heterocycles. The normalized spacial score (nSPS) is 12.2. The van der Waals surface area contributed by atoms with Gasteiger partial charge in [0.05, 0.1) is 5.56 Å². The van der Waals surface area contributed by atoms with E-state index >= 15 is 0 Å². The second-order valence-corrected chi connectivity index (χ2v) is 6.01. The van der Waals surface area contributed by atoms with E-state index in [9.17, 15) is 4.79 Å². The van der Waals surface area contributed by atoms with Crippen LogP contribution in [0, 0.1) is 0 Å². The van der Waals surface area contributed by atoms with Crippen LogP contribution in [0.4, 0.5) is 0 Å². The molecule has 22 heavy (non-hydrogen) atoms. The van der Waals surface area contributed by atoms with Crippen LogP contribution in [0.15, 0.2) is 57.8 Å². The predicted octanol–water partition coefficient (Wildman–Crippen LogP) is 3.90. The van der Waals surface area contributed by atoms with Gasteiger partial charge in [-0.05, 0) is 23.8 Å². The molecule has 4 rings (SSSR count). The van der Waals surface area contributed by atoms with Gasteiger partial charge in [-0.2, -0.15) is 4.98 Å². The summed E-state index contributed by atoms with van der Waals surface area (Å²) in [5.74, 6) is 1.66. The fourth-order valence-electron chi connectivity index (χ4n) is 2.51. The van der Waals surface area contributed by atoms with Crippen molar-refractivity contribution in [3.05, 3.63) is 74.5 Å². The molecule has 0 saturated carbocycles. The van der Waals surface area contributed by atoms with Crippen LogP contribution in [0.1, 0.15) is 11.1 Å². The lowest BCUT2D eigenvalue weighted by Gasteiger charge is -2.18. The first kappa shape index (κ1) is 13.3. The maximum Gasteiger partial charge on any atom is 0.258 e. The number of halogens is 1. The van der Waals surface area contributed by atoms with Gasteiger partial charge in [0.2, 0.25) is 5.88 Å². The van der Waals surface area contributed by atoms with Crippen molar-refractivity contribution in [2.75, 3.05) is 0 Å². The summed E-state index contributed by atoms with van der Waals surface area (Å²) in [6, 6.07) is 15.3. The SMILES string of the molecule is O=c1[nH]c(-c2ccc(Br)cc2)nc2c1Cc1ccccc1O2. The van der Waals surface area contributed by atoms with Gasteiger partial charge in [-0.3, -0.25) is 4.79 Å². The smallest absolute Gasteiger partial charge is 0.258 e. The fourth-order valence-corrected chi connectivity index (χ4v) is 2.77. The minimum Gasteiger partial charge on any atom is -0.438 e. The van der Waals surface area contributed by atoms with E-state index in [1.165, 1.54) is 0 Å². The molecule has 0 spiro atoms. The predicted molar refractivity (Wildman–Crippen MR) is 87.3 cm³/mol.